The molecule has 0 bridgehead atoms. The maximum atomic E-state index is 12.8. The normalized spacial score (nSPS) is 11.3. The quantitative estimate of drug-likeness (QED) is 0.238. The maximum Gasteiger partial charge on any atom is 0.234 e. The number of rotatable bonds is 5. The molecule has 0 radical (unpaired) electrons. The molecule has 0 spiro atoms. The number of hydrogen-bond acceptors (Lipinski definition) is 6. The van der Waals surface area contributed by atoms with Crippen molar-refractivity contribution in [3.05, 3.63) is 91.3 Å². The van der Waals surface area contributed by atoms with E-state index in [2.05, 4.69) is 21.4 Å². The Bertz CT molecular complexity index is 1670. The molecule has 0 aliphatic carbocycles. The minimum absolute atomic E-state index is 0.137. The molecule has 6 nitrogen and oxygen atoms in total. The van der Waals surface area contributed by atoms with Crippen LogP contribution in [0.4, 0.5) is 5.69 Å². The summed E-state index contributed by atoms with van der Waals surface area (Å²) in [5, 5.41) is 6.85. The highest BCUT2D eigenvalue weighted by Gasteiger charge is 2.16. The summed E-state index contributed by atoms with van der Waals surface area (Å²) in [6.07, 6.45) is 1.52. The molecule has 0 aliphatic heterocycles. The van der Waals surface area contributed by atoms with Crippen LogP contribution in [0, 0.1) is 0 Å². The first kappa shape index (κ1) is 20.4. The number of aromatic nitrogens is 3. The van der Waals surface area contributed by atoms with Gasteiger partial charge in [0.1, 0.15) is 16.9 Å². The molecule has 0 aliphatic rings. The standard InChI is InChI=1S/C27H18N4O2S/c32-24(15-34-27-20-10-4-5-11-21(20)28-16-29-27)30-22-12-6-3-9-19(22)26-31-25-18-8-2-1-7-17(18)13-14-23(25)33-26/h1-14,16H,15H2,(H,30,32). The minimum atomic E-state index is -0.137. The average Bonchev–Trinajstić information content (AvgIpc) is 3.32. The molecule has 1 amide bonds. The van der Waals surface area contributed by atoms with Crippen LogP contribution in [0.1, 0.15) is 0 Å². The molecule has 2 aromatic heterocycles. The van der Waals surface area contributed by atoms with Gasteiger partial charge in [-0.25, -0.2) is 15.0 Å². The maximum absolute atomic E-state index is 12.8. The van der Waals surface area contributed by atoms with Crippen molar-refractivity contribution >= 4 is 56.1 Å². The summed E-state index contributed by atoms with van der Waals surface area (Å²) in [5.74, 6) is 0.548. The molecule has 0 fully saturated rings. The zero-order chi connectivity index (χ0) is 22.9. The number of para-hydroxylation sites is 2. The lowest BCUT2D eigenvalue weighted by Gasteiger charge is -2.09. The van der Waals surface area contributed by atoms with E-state index in [4.69, 9.17) is 9.40 Å². The first-order valence-corrected chi connectivity index (χ1v) is 11.7. The molecule has 2 heterocycles. The van der Waals surface area contributed by atoms with Crippen molar-refractivity contribution in [2.24, 2.45) is 0 Å². The first-order chi connectivity index (χ1) is 16.8. The van der Waals surface area contributed by atoms with Crippen molar-refractivity contribution < 1.29 is 9.21 Å². The Morgan fingerprint density at radius 1 is 0.853 bits per heavy atom. The van der Waals surface area contributed by atoms with Gasteiger partial charge in [-0.1, -0.05) is 72.4 Å². The van der Waals surface area contributed by atoms with Crippen LogP contribution < -0.4 is 5.32 Å². The Kier molecular flexibility index (Phi) is 5.16. The number of oxazole rings is 1. The van der Waals surface area contributed by atoms with Gasteiger partial charge >= 0.3 is 0 Å². The van der Waals surface area contributed by atoms with E-state index in [0.717, 1.165) is 37.8 Å². The van der Waals surface area contributed by atoms with Crippen LogP contribution in [0.3, 0.4) is 0 Å². The van der Waals surface area contributed by atoms with Crippen molar-refractivity contribution in [1.29, 1.82) is 0 Å². The van der Waals surface area contributed by atoms with Gasteiger partial charge in [-0.15, -0.1) is 0 Å². The summed E-state index contributed by atoms with van der Waals surface area (Å²) in [6.45, 7) is 0. The fourth-order valence-corrected chi connectivity index (χ4v) is 4.76. The fraction of sp³-hybridized carbons (Fsp3) is 0.0370. The topological polar surface area (TPSA) is 80.9 Å². The van der Waals surface area contributed by atoms with Gasteiger partial charge in [-0.2, -0.15) is 0 Å². The molecular formula is C27H18N4O2S. The van der Waals surface area contributed by atoms with Gasteiger partial charge in [0.25, 0.3) is 0 Å². The highest BCUT2D eigenvalue weighted by Crippen LogP contribution is 2.33. The third-order valence-corrected chi connectivity index (χ3v) is 6.57. The second-order valence-corrected chi connectivity index (χ2v) is 8.69. The van der Waals surface area contributed by atoms with Crippen LogP contribution in [0.15, 0.2) is 101 Å². The van der Waals surface area contributed by atoms with Crippen LogP contribution in [0.2, 0.25) is 0 Å². The zero-order valence-electron chi connectivity index (χ0n) is 17.9. The van der Waals surface area contributed by atoms with Crippen molar-refractivity contribution in [3.63, 3.8) is 0 Å². The Labute approximate surface area is 199 Å². The first-order valence-electron chi connectivity index (χ1n) is 10.8. The number of fused-ring (bicyclic) bond motifs is 4. The van der Waals surface area contributed by atoms with Gasteiger partial charge in [0.2, 0.25) is 11.8 Å². The molecule has 0 saturated heterocycles. The van der Waals surface area contributed by atoms with Crippen molar-refractivity contribution in [2.75, 3.05) is 11.1 Å². The molecule has 6 rings (SSSR count). The molecule has 6 aromatic rings. The lowest BCUT2D eigenvalue weighted by Crippen LogP contribution is -2.14. The van der Waals surface area contributed by atoms with E-state index in [1.807, 2.05) is 78.9 Å². The molecule has 164 valence electrons. The van der Waals surface area contributed by atoms with E-state index in [1.165, 1.54) is 18.1 Å². The molecule has 34 heavy (non-hydrogen) atoms. The number of thioether (sulfide) groups is 1. The number of carbonyl (C=O) groups is 1. The lowest BCUT2D eigenvalue weighted by atomic mass is 10.1. The summed E-state index contributed by atoms with van der Waals surface area (Å²) in [6, 6.07) is 27.3. The van der Waals surface area contributed by atoms with Gasteiger partial charge in [0.05, 0.1) is 22.5 Å². The van der Waals surface area contributed by atoms with Gasteiger partial charge < -0.3 is 9.73 Å². The van der Waals surface area contributed by atoms with Gasteiger partial charge in [-0.05, 0) is 29.7 Å². The second-order valence-electron chi connectivity index (χ2n) is 7.73. The number of benzene rings is 4. The third-order valence-electron chi connectivity index (χ3n) is 5.56. The van der Waals surface area contributed by atoms with Crippen LogP contribution in [0.5, 0.6) is 0 Å². The molecule has 0 unspecified atom stereocenters. The molecule has 4 aromatic carbocycles. The van der Waals surface area contributed by atoms with E-state index in [1.54, 1.807) is 0 Å². The van der Waals surface area contributed by atoms with Crippen LogP contribution in [-0.4, -0.2) is 26.6 Å². The van der Waals surface area contributed by atoms with Crippen molar-refractivity contribution in [2.45, 2.75) is 5.03 Å². The van der Waals surface area contributed by atoms with E-state index in [9.17, 15) is 4.79 Å². The van der Waals surface area contributed by atoms with Crippen LogP contribution >= 0.6 is 11.8 Å². The van der Waals surface area contributed by atoms with Crippen molar-refractivity contribution in [3.8, 4) is 11.5 Å². The molecule has 1 N–H and O–H groups in total. The SMILES string of the molecule is O=C(CSc1ncnc2ccccc12)Nc1ccccc1-c1nc2c(ccc3ccccc32)o1. The number of nitrogens with one attached hydrogen (secondary N) is 1. The molecule has 7 heteroatoms. The number of amides is 1. The Morgan fingerprint density at radius 3 is 2.59 bits per heavy atom. The number of nitrogens with zero attached hydrogens (tertiary/aromatic N) is 3. The molecule has 0 saturated carbocycles. The van der Waals surface area contributed by atoms with Crippen LogP contribution in [0.25, 0.3) is 44.2 Å². The number of hydrogen-bond donors (Lipinski definition) is 1. The second kappa shape index (κ2) is 8.61. The number of anilines is 1. The Balaban J connectivity index is 1.26. The Morgan fingerprint density at radius 2 is 1.65 bits per heavy atom. The highest BCUT2D eigenvalue weighted by atomic mass is 32.2. The minimum Gasteiger partial charge on any atom is -0.436 e. The highest BCUT2D eigenvalue weighted by molar-refractivity contribution is 8.00. The third kappa shape index (κ3) is 3.76. The van der Waals surface area contributed by atoms with E-state index in [-0.39, 0.29) is 11.7 Å². The number of carbonyl (C=O) groups excluding carboxylic acids is 1. The predicted molar refractivity (Wildman–Crippen MR) is 136 cm³/mol. The van der Waals surface area contributed by atoms with Gasteiger partial charge in [-0.3, -0.25) is 4.79 Å². The smallest absolute Gasteiger partial charge is 0.234 e. The largest absolute Gasteiger partial charge is 0.436 e. The summed E-state index contributed by atoms with van der Waals surface area (Å²) >= 11 is 1.38. The zero-order valence-corrected chi connectivity index (χ0v) is 18.8. The lowest BCUT2D eigenvalue weighted by molar-refractivity contribution is -0.113. The molecular weight excluding hydrogens is 444 g/mol. The summed E-state index contributed by atoms with van der Waals surface area (Å²) in [5.41, 5.74) is 3.75. The molecule has 0 atom stereocenters. The van der Waals surface area contributed by atoms with E-state index < -0.39 is 0 Å². The monoisotopic (exact) mass is 462 g/mol. The summed E-state index contributed by atoms with van der Waals surface area (Å²) in [4.78, 5) is 26.2. The van der Waals surface area contributed by atoms with E-state index >= 15 is 0 Å². The van der Waals surface area contributed by atoms with Gasteiger partial charge in [0, 0.05) is 10.8 Å². The van der Waals surface area contributed by atoms with Crippen molar-refractivity contribution in [1.82, 2.24) is 15.0 Å². The average molecular weight is 463 g/mol. The fourth-order valence-electron chi connectivity index (χ4n) is 3.97. The Hall–Kier alpha value is -4.23. The summed E-state index contributed by atoms with van der Waals surface area (Å²) in [7, 11) is 0. The summed E-state index contributed by atoms with van der Waals surface area (Å²) < 4.78 is 6.08. The predicted octanol–water partition coefficient (Wildman–Crippen LogP) is 6.32. The van der Waals surface area contributed by atoms with Gasteiger partial charge in [0.15, 0.2) is 5.58 Å². The van der Waals surface area contributed by atoms with Crippen LogP contribution in [-0.2, 0) is 4.79 Å². The van der Waals surface area contributed by atoms with E-state index in [0.29, 0.717) is 17.2 Å².